The number of nitro benzene ring substituents is 1. The largest absolute Gasteiger partial charge is 0.308 e. The van der Waals surface area contributed by atoms with Crippen LogP contribution in [0.4, 0.5) is 16.5 Å². The Bertz CT molecular complexity index is 1290. The van der Waals surface area contributed by atoms with Crippen LogP contribution in [0, 0.1) is 17.0 Å². The molecule has 0 saturated heterocycles. The summed E-state index contributed by atoms with van der Waals surface area (Å²) in [6.07, 6.45) is 1.18. The fourth-order valence-electron chi connectivity index (χ4n) is 3.42. The average molecular weight is 460 g/mol. The first-order valence-corrected chi connectivity index (χ1v) is 11.6. The second kappa shape index (κ2) is 8.04. The van der Waals surface area contributed by atoms with Crippen molar-refractivity contribution in [3.05, 3.63) is 68.7 Å². The molecule has 1 aromatic heterocycles. The quantitative estimate of drug-likeness (QED) is 0.457. The van der Waals surface area contributed by atoms with E-state index in [2.05, 4.69) is 14.9 Å². The molecule has 0 saturated carbocycles. The third kappa shape index (κ3) is 4.11. The lowest BCUT2D eigenvalue weighted by molar-refractivity contribution is -0.385. The highest BCUT2D eigenvalue weighted by molar-refractivity contribution is 7.93. The lowest BCUT2D eigenvalue weighted by atomic mass is 10.0. The molecule has 0 bridgehead atoms. The van der Waals surface area contributed by atoms with Gasteiger partial charge in [-0.1, -0.05) is 23.5 Å². The van der Waals surface area contributed by atoms with Crippen LogP contribution in [-0.2, 0) is 16.4 Å². The smallest absolute Gasteiger partial charge is 0.282 e. The summed E-state index contributed by atoms with van der Waals surface area (Å²) in [7, 11) is -3.88. The molecule has 31 heavy (non-hydrogen) atoms. The van der Waals surface area contributed by atoms with Crippen LogP contribution >= 0.6 is 11.3 Å². The highest BCUT2D eigenvalue weighted by Gasteiger charge is 2.29. The molecule has 10 nitrogen and oxygen atoms in total. The van der Waals surface area contributed by atoms with Crippen LogP contribution in [0.15, 0.2) is 47.4 Å². The Morgan fingerprint density at radius 3 is 2.71 bits per heavy atom. The maximum Gasteiger partial charge on any atom is 0.282 e. The SMILES string of the molecule is Cc1nnc(NS(=O)(=O)c2ccc3c(c2)CCCN3C(=O)c2ccccc2[N+](=O)[O-])s1. The van der Waals surface area contributed by atoms with Crippen LogP contribution in [-0.4, -0.2) is 36.0 Å². The molecule has 2 heterocycles. The number of carbonyl (C=O) groups is 1. The van der Waals surface area contributed by atoms with E-state index >= 15 is 0 Å². The second-order valence-corrected chi connectivity index (χ2v) is 9.72. The summed E-state index contributed by atoms with van der Waals surface area (Å²) in [6, 6.07) is 10.3. The molecule has 0 atom stereocenters. The zero-order chi connectivity index (χ0) is 22.2. The number of nitrogens with zero attached hydrogens (tertiary/aromatic N) is 4. The molecular weight excluding hydrogens is 442 g/mol. The fourth-order valence-corrected chi connectivity index (χ4v) is 5.29. The van der Waals surface area contributed by atoms with Gasteiger partial charge < -0.3 is 4.90 Å². The van der Waals surface area contributed by atoms with Crippen LogP contribution in [0.25, 0.3) is 0 Å². The molecule has 160 valence electrons. The Kier molecular flexibility index (Phi) is 5.41. The molecule has 3 aromatic rings. The number of aryl methyl sites for hydroxylation is 2. The number of rotatable bonds is 5. The van der Waals surface area contributed by atoms with Crippen LogP contribution < -0.4 is 9.62 Å². The molecule has 4 rings (SSSR count). The van der Waals surface area contributed by atoms with Crippen molar-refractivity contribution in [1.82, 2.24) is 10.2 Å². The van der Waals surface area contributed by atoms with E-state index in [0.717, 1.165) is 11.3 Å². The van der Waals surface area contributed by atoms with Crippen LogP contribution in [0.3, 0.4) is 0 Å². The van der Waals surface area contributed by atoms with Gasteiger partial charge >= 0.3 is 0 Å². The Hall–Kier alpha value is -3.38. The Morgan fingerprint density at radius 2 is 2.00 bits per heavy atom. The van der Waals surface area contributed by atoms with Crippen molar-refractivity contribution in [2.24, 2.45) is 0 Å². The highest BCUT2D eigenvalue weighted by atomic mass is 32.2. The van der Waals surface area contributed by atoms with E-state index in [4.69, 9.17) is 0 Å². The first-order valence-electron chi connectivity index (χ1n) is 9.27. The van der Waals surface area contributed by atoms with E-state index in [9.17, 15) is 23.3 Å². The number of hydrogen-bond donors (Lipinski definition) is 1. The Balaban J connectivity index is 1.66. The molecule has 1 aliphatic heterocycles. The third-order valence-corrected chi connectivity index (χ3v) is 7.02. The van der Waals surface area contributed by atoms with Gasteiger partial charge in [0.05, 0.1) is 9.82 Å². The number of hydrogen-bond acceptors (Lipinski definition) is 8. The molecule has 12 heteroatoms. The molecule has 1 amide bonds. The first kappa shape index (κ1) is 20.9. The molecular formula is C19H17N5O5S2. The van der Waals surface area contributed by atoms with Crippen molar-refractivity contribution in [2.45, 2.75) is 24.7 Å². The van der Waals surface area contributed by atoms with Gasteiger partial charge in [-0.05, 0) is 49.6 Å². The highest BCUT2D eigenvalue weighted by Crippen LogP contribution is 2.32. The molecule has 0 fully saturated rings. The van der Waals surface area contributed by atoms with Crippen molar-refractivity contribution >= 4 is 43.8 Å². The van der Waals surface area contributed by atoms with E-state index in [0.29, 0.717) is 35.6 Å². The summed E-state index contributed by atoms with van der Waals surface area (Å²) < 4.78 is 27.9. The predicted molar refractivity (Wildman–Crippen MR) is 115 cm³/mol. The maximum absolute atomic E-state index is 13.1. The van der Waals surface area contributed by atoms with Crippen LogP contribution in [0.2, 0.25) is 0 Å². The molecule has 0 radical (unpaired) electrons. The van der Waals surface area contributed by atoms with Gasteiger partial charge in [0.15, 0.2) is 0 Å². The zero-order valence-electron chi connectivity index (χ0n) is 16.3. The maximum atomic E-state index is 13.1. The second-order valence-electron chi connectivity index (χ2n) is 6.86. The van der Waals surface area contributed by atoms with Crippen molar-refractivity contribution in [1.29, 1.82) is 0 Å². The number of carbonyl (C=O) groups excluding carboxylic acids is 1. The Morgan fingerprint density at radius 1 is 1.23 bits per heavy atom. The normalized spacial score (nSPS) is 13.5. The number of nitro groups is 1. The number of benzene rings is 2. The average Bonchev–Trinajstić information content (AvgIpc) is 3.16. The van der Waals surface area contributed by atoms with E-state index in [1.165, 1.54) is 35.2 Å². The summed E-state index contributed by atoms with van der Waals surface area (Å²) in [5.41, 5.74) is 0.940. The number of aromatic nitrogens is 2. The van der Waals surface area contributed by atoms with Crippen LogP contribution in [0.5, 0.6) is 0 Å². The number of nitrogens with one attached hydrogen (secondary N) is 1. The van der Waals surface area contributed by atoms with E-state index < -0.39 is 20.9 Å². The van der Waals surface area contributed by atoms with Crippen molar-refractivity contribution in [3.63, 3.8) is 0 Å². The molecule has 2 aromatic carbocycles. The van der Waals surface area contributed by atoms with Gasteiger partial charge in [-0.2, -0.15) is 0 Å². The van der Waals surface area contributed by atoms with Gasteiger partial charge in [0.2, 0.25) is 5.13 Å². The molecule has 0 unspecified atom stereocenters. The fraction of sp³-hybridized carbons (Fsp3) is 0.211. The summed E-state index contributed by atoms with van der Waals surface area (Å²) in [4.78, 5) is 25.3. The molecule has 1 N–H and O–H groups in total. The van der Waals surface area contributed by atoms with Gasteiger partial charge in [0.25, 0.3) is 21.6 Å². The van der Waals surface area contributed by atoms with Crippen molar-refractivity contribution in [2.75, 3.05) is 16.2 Å². The monoisotopic (exact) mass is 459 g/mol. The number of anilines is 2. The Labute approximate surface area is 181 Å². The minimum atomic E-state index is -3.88. The van der Waals surface area contributed by atoms with Crippen molar-refractivity contribution in [3.8, 4) is 0 Å². The zero-order valence-corrected chi connectivity index (χ0v) is 17.9. The van der Waals surface area contributed by atoms with Gasteiger partial charge in [-0.15, -0.1) is 10.2 Å². The lowest BCUT2D eigenvalue weighted by Crippen LogP contribution is -2.36. The predicted octanol–water partition coefficient (Wildman–Crippen LogP) is 3.15. The number of para-hydroxylation sites is 1. The summed E-state index contributed by atoms with van der Waals surface area (Å²) in [5.74, 6) is -0.494. The molecule has 0 spiro atoms. The summed E-state index contributed by atoms with van der Waals surface area (Å²) in [6.45, 7) is 2.10. The standard InChI is InChI=1S/C19H17N5O5S2/c1-12-20-21-19(30-12)22-31(28,29)14-8-9-16-13(11-14)5-4-10-23(16)18(25)15-6-2-3-7-17(15)24(26)27/h2-3,6-9,11H,4-5,10H2,1H3,(H,21,22). The molecule has 0 aliphatic carbocycles. The summed E-state index contributed by atoms with van der Waals surface area (Å²) >= 11 is 1.12. The number of fused-ring (bicyclic) bond motifs is 1. The van der Waals surface area contributed by atoms with Crippen molar-refractivity contribution < 1.29 is 18.1 Å². The van der Waals surface area contributed by atoms with Crippen LogP contribution in [0.1, 0.15) is 27.3 Å². The van der Waals surface area contributed by atoms with E-state index in [1.54, 1.807) is 19.1 Å². The lowest BCUT2D eigenvalue weighted by Gasteiger charge is -2.29. The minimum absolute atomic E-state index is 0.00893. The minimum Gasteiger partial charge on any atom is -0.308 e. The van der Waals surface area contributed by atoms with E-state index in [-0.39, 0.29) is 21.3 Å². The van der Waals surface area contributed by atoms with Gasteiger partial charge in [-0.25, -0.2) is 8.42 Å². The first-order chi connectivity index (χ1) is 14.8. The number of sulfonamides is 1. The van der Waals surface area contributed by atoms with E-state index in [1.807, 2.05) is 0 Å². The van der Waals surface area contributed by atoms with Gasteiger partial charge in [0.1, 0.15) is 10.6 Å². The van der Waals surface area contributed by atoms with Gasteiger partial charge in [-0.3, -0.25) is 19.6 Å². The third-order valence-electron chi connectivity index (χ3n) is 4.80. The summed E-state index contributed by atoms with van der Waals surface area (Å²) in [5, 5.41) is 19.7. The van der Waals surface area contributed by atoms with Gasteiger partial charge in [0, 0.05) is 18.3 Å². The molecule has 1 aliphatic rings. The number of amides is 1. The topological polar surface area (TPSA) is 135 Å².